The highest BCUT2D eigenvalue weighted by atomic mass is 32.1. The Morgan fingerprint density at radius 3 is 2.67 bits per heavy atom. The van der Waals surface area contributed by atoms with Crippen LogP contribution in [0.1, 0.15) is 64.5 Å². The van der Waals surface area contributed by atoms with Crippen molar-refractivity contribution in [2.75, 3.05) is 0 Å². The number of thiophene rings is 1. The van der Waals surface area contributed by atoms with Gasteiger partial charge in [0.25, 0.3) is 0 Å². The minimum absolute atomic E-state index is 0.0828. The van der Waals surface area contributed by atoms with Gasteiger partial charge in [-0.05, 0) is 53.3 Å². The fourth-order valence-corrected chi connectivity index (χ4v) is 5.81. The maximum Gasteiger partial charge on any atom is 0.231 e. The molecule has 1 nitrogen and oxygen atoms in total. The minimum Gasteiger partial charge on any atom is -0.191 e. The topological polar surface area (TPSA) is 3.88 Å². The summed E-state index contributed by atoms with van der Waals surface area (Å²) < 4.78 is 2.48. The van der Waals surface area contributed by atoms with Gasteiger partial charge in [0.1, 0.15) is 4.88 Å². The molecule has 2 atom stereocenters. The van der Waals surface area contributed by atoms with Gasteiger partial charge in [-0.15, -0.1) is 17.9 Å². The Balaban J connectivity index is 2.00. The number of aromatic nitrogens is 1. The Labute approximate surface area is 167 Å². The third-order valence-electron chi connectivity index (χ3n) is 6.99. The summed E-state index contributed by atoms with van der Waals surface area (Å²) in [5.74, 6) is 0.612. The molecule has 0 aliphatic carbocycles. The zero-order chi connectivity index (χ0) is 19.4. The second-order valence-electron chi connectivity index (χ2n) is 8.70. The summed E-state index contributed by atoms with van der Waals surface area (Å²) in [4.78, 5) is 1.39. The van der Waals surface area contributed by atoms with Crippen molar-refractivity contribution in [3.05, 3.63) is 65.7 Å². The Morgan fingerprint density at radius 1 is 1.19 bits per heavy atom. The highest BCUT2D eigenvalue weighted by Crippen LogP contribution is 2.50. The first-order chi connectivity index (χ1) is 12.8. The van der Waals surface area contributed by atoms with E-state index in [1.165, 1.54) is 45.3 Å². The molecule has 2 heteroatoms. The van der Waals surface area contributed by atoms with Crippen molar-refractivity contribution < 1.29 is 4.57 Å². The van der Waals surface area contributed by atoms with Gasteiger partial charge in [0.05, 0.1) is 10.8 Å². The lowest BCUT2D eigenvalue weighted by atomic mass is 9.65. The number of rotatable bonds is 4. The zero-order valence-corrected chi connectivity index (χ0v) is 18.0. The van der Waals surface area contributed by atoms with E-state index in [2.05, 4.69) is 93.7 Å². The van der Waals surface area contributed by atoms with Crippen molar-refractivity contribution in [1.82, 2.24) is 0 Å². The van der Waals surface area contributed by atoms with Gasteiger partial charge in [0.2, 0.25) is 5.69 Å². The number of benzene rings is 1. The predicted octanol–water partition coefficient (Wildman–Crippen LogP) is 6.95. The Hall–Kier alpha value is -1.93. The second-order valence-corrected chi connectivity index (χ2v) is 9.62. The van der Waals surface area contributed by atoms with Gasteiger partial charge < -0.3 is 0 Å². The van der Waals surface area contributed by atoms with E-state index in [0.29, 0.717) is 5.92 Å². The molecule has 0 N–H and O–H groups in total. The maximum atomic E-state index is 4.21. The fourth-order valence-electron chi connectivity index (χ4n) is 4.74. The van der Waals surface area contributed by atoms with Crippen molar-refractivity contribution in [2.45, 2.75) is 64.3 Å². The Morgan fingerprint density at radius 2 is 1.96 bits per heavy atom. The average molecular weight is 377 g/mol. The van der Waals surface area contributed by atoms with E-state index < -0.39 is 0 Å². The third-order valence-corrected chi connectivity index (χ3v) is 7.91. The number of allylic oxidation sites excluding steroid dienone is 1. The SMILES string of the molecule is C=CC1(C)c2ccsc2-c2c3ccc(C(C)CCC)cc3cc[n+]2C1(C)C. The van der Waals surface area contributed by atoms with Crippen molar-refractivity contribution in [2.24, 2.45) is 0 Å². The molecule has 2 aromatic heterocycles. The normalized spacial score (nSPS) is 21.5. The minimum atomic E-state index is -0.0940. The van der Waals surface area contributed by atoms with Crippen LogP contribution >= 0.6 is 11.3 Å². The van der Waals surface area contributed by atoms with E-state index in [0.717, 1.165) is 0 Å². The van der Waals surface area contributed by atoms with Crippen LogP contribution in [0.25, 0.3) is 21.3 Å². The van der Waals surface area contributed by atoms with Crippen LogP contribution in [0, 0.1) is 0 Å². The van der Waals surface area contributed by atoms with Crippen LogP contribution in [0.15, 0.2) is 54.6 Å². The summed E-state index contributed by atoms with van der Waals surface area (Å²) in [6, 6.07) is 11.7. The molecule has 3 aromatic rings. The first-order valence-electron chi connectivity index (χ1n) is 10.1. The largest absolute Gasteiger partial charge is 0.231 e. The second kappa shape index (κ2) is 6.31. The van der Waals surface area contributed by atoms with Gasteiger partial charge in [-0.3, -0.25) is 0 Å². The molecule has 0 spiro atoms. The molecule has 0 bridgehead atoms. The van der Waals surface area contributed by atoms with Crippen LogP contribution in [0.5, 0.6) is 0 Å². The lowest BCUT2D eigenvalue weighted by Gasteiger charge is -2.41. The molecule has 2 unspecified atom stereocenters. The van der Waals surface area contributed by atoms with Gasteiger partial charge in [0.15, 0.2) is 11.7 Å². The average Bonchev–Trinajstić information content (AvgIpc) is 3.15. The molecule has 140 valence electrons. The molecular formula is C25H30NS+. The molecular weight excluding hydrogens is 346 g/mol. The van der Waals surface area contributed by atoms with Crippen molar-refractivity contribution in [3.63, 3.8) is 0 Å². The van der Waals surface area contributed by atoms with Crippen LogP contribution in [0.2, 0.25) is 0 Å². The first-order valence-corrected chi connectivity index (χ1v) is 10.9. The van der Waals surface area contributed by atoms with Crippen LogP contribution in [-0.2, 0) is 11.0 Å². The number of fused-ring (bicyclic) bond motifs is 5. The van der Waals surface area contributed by atoms with Crippen molar-refractivity contribution in [1.29, 1.82) is 0 Å². The van der Waals surface area contributed by atoms with Gasteiger partial charge in [-0.25, -0.2) is 0 Å². The quantitative estimate of drug-likeness (QED) is 0.342. The smallest absolute Gasteiger partial charge is 0.191 e. The monoisotopic (exact) mass is 376 g/mol. The summed E-state index contributed by atoms with van der Waals surface area (Å²) in [6.07, 6.45) is 6.89. The van der Waals surface area contributed by atoms with Crippen LogP contribution in [-0.4, -0.2) is 0 Å². The summed E-state index contributed by atoms with van der Waals surface area (Å²) in [6.45, 7) is 15.8. The fraction of sp³-hybridized carbons (Fsp3) is 0.400. The standard InChI is InChI=1S/C25H30NS/c1-7-9-17(3)18-10-11-20-19(16-18)12-14-26-22(20)23-21(13-15-27-23)25(6,8-2)24(26,4)5/h8,10-17H,2,7,9H2,1,3-6H3/q+1. The number of hydrogen-bond acceptors (Lipinski definition) is 1. The molecule has 3 heterocycles. The van der Waals surface area contributed by atoms with Crippen LogP contribution in [0.3, 0.4) is 0 Å². The van der Waals surface area contributed by atoms with Gasteiger partial charge in [-0.2, -0.15) is 4.57 Å². The molecule has 1 aliphatic rings. The third kappa shape index (κ3) is 2.46. The molecule has 0 amide bonds. The van der Waals surface area contributed by atoms with Crippen molar-refractivity contribution in [3.8, 4) is 10.6 Å². The lowest BCUT2D eigenvalue weighted by molar-refractivity contribution is -0.757. The number of pyridine rings is 1. The van der Waals surface area contributed by atoms with Gasteiger partial charge in [-0.1, -0.05) is 38.5 Å². The molecule has 0 fully saturated rings. The van der Waals surface area contributed by atoms with Crippen molar-refractivity contribution >= 4 is 22.1 Å². The van der Waals surface area contributed by atoms with E-state index >= 15 is 0 Å². The highest BCUT2D eigenvalue weighted by Gasteiger charge is 2.54. The molecule has 0 saturated carbocycles. The van der Waals surface area contributed by atoms with Gasteiger partial charge >= 0.3 is 0 Å². The summed E-state index contributed by atoms with van der Waals surface area (Å²) in [7, 11) is 0. The van der Waals surface area contributed by atoms with E-state index in [-0.39, 0.29) is 11.0 Å². The summed E-state index contributed by atoms with van der Waals surface area (Å²) >= 11 is 1.85. The van der Waals surface area contributed by atoms with Crippen LogP contribution in [0.4, 0.5) is 0 Å². The van der Waals surface area contributed by atoms with E-state index in [1.54, 1.807) is 0 Å². The highest BCUT2D eigenvalue weighted by molar-refractivity contribution is 7.13. The Kier molecular flexibility index (Phi) is 4.31. The predicted molar refractivity (Wildman–Crippen MR) is 118 cm³/mol. The summed E-state index contributed by atoms with van der Waals surface area (Å²) in [5.41, 5.74) is 4.04. The molecule has 1 aliphatic heterocycles. The van der Waals surface area contributed by atoms with E-state index in [4.69, 9.17) is 0 Å². The molecule has 4 rings (SSSR count). The number of nitrogens with zero attached hydrogens (tertiary/aromatic N) is 1. The summed E-state index contributed by atoms with van der Waals surface area (Å²) in [5, 5.41) is 4.93. The van der Waals surface area contributed by atoms with E-state index in [9.17, 15) is 0 Å². The maximum absolute atomic E-state index is 4.21. The lowest BCUT2D eigenvalue weighted by Crippen LogP contribution is -2.65. The van der Waals surface area contributed by atoms with Crippen LogP contribution < -0.4 is 4.57 Å². The molecule has 27 heavy (non-hydrogen) atoms. The number of hydrogen-bond donors (Lipinski definition) is 0. The van der Waals surface area contributed by atoms with E-state index in [1.807, 2.05) is 11.3 Å². The Bertz CT molecular complexity index is 1030. The molecule has 0 saturated heterocycles. The molecule has 1 aromatic carbocycles. The zero-order valence-electron chi connectivity index (χ0n) is 17.2. The van der Waals surface area contributed by atoms with Gasteiger partial charge in [0, 0.05) is 19.9 Å². The first kappa shape index (κ1) is 18.4. The molecule has 0 radical (unpaired) electrons.